The lowest BCUT2D eigenvalue weighted by Crippen LogP contribution is -2.35. The van der Waals surface area contributed by atoms with Crippen LogP contribution in [0.2, 0.25) is 0 Å². The van der Waals surface area contributed by atoms with Crippen LogP contribution in [-0.2, 0) is 9.59 Å². The van der Waals surface area contributed by atoms with Gasteiger partial charge in [0, 0.05) is 19.7 Å². The molecule has 4 heteroatoms. The number of hydrogen-bond acceptors (Lipinski definition) is 2. The smallest absolute Gasteiger partial charge is 0.223 e. The van der Waals surface area contributed by atoms with Crippen LogP contribution in [0.15, 0.2) is 43.1 Å². The second-order valence-corrected chi connectivity index (χ2v) is 4.68. The Bertz CT molecular complexity index is 563. The van der Waals surface area contributed by atoms with Crippen LogP contribution in [0.1, 0.15) is 30.5 Å². The summed E-state index contributed by atoms with van der Waals surface area (Å²) < 4.78 is 0. The summed E-state index contributed by atoms with van der Waals surface area (Å²) in [5.41, 5.74) is 2.05. The van der Waals surface area contributed by atoms with E-state index in [1.807, 2.05) is 30.3 Å². The quantitative estimate of drug-likeness (QED) is 0.853. The third kappa shape index (κ3) is 2.96. The van der Waals surface area contributed by atoms with Crippen molar-refractivity contribution in [3.63, 3.8) is 0 Å². The van der Waals surface area contributed by atoms with E-state index in [9.17, 15) is 9.59 Å². The molecule has 20 heavy (non-hydrogen) atoms. The molecule has 1 aliphatic rings. The van der Waals surface area contributed by atoms with Gasteiger partial charge in [-0.1, -0.05) is 30.3 Å². The summed E-state index contributed by atoms with van der Waals surface area (Å²) >= 11 is 0. The molecule has 0 unspecified atom stereocenters. The molecule has 0 saturated heterocycles. The van der Waals surface area contributed by atoms with Crippen molar-refractivity contribution in [3.05, 3.63) is 54.2 Å². The first-order valence-corrected chi connectivity index (χ1v) is 6.57. The van der Waals surface area contributed by atoms with Gasteiger partial charge in [-0.2, -0.15) is 0 Å². The Hall–Kier alpha value is -2.36. The van der Waals surface area contributed by atoms with Crippen molar-refractivity contribution in [1.82, 2.24) is 10.2 Å². The van der Waals surface area contributed by atoms with E-state index < -0.39 is 0 Å². The van der Waals surface area contributed by atoms with Crippen molar-refractivity contribution in [2.24, 2.45) is 0 Å². The minimum absolute atomic E-state index is 0.0720. The third-order valence-electron chi connectivity index (χ3n) is 3.29. The molecule has 0 spiro atoms. The normalized spacial score (nSPS) is 16.4. The first kappa shape index (κ1) is 14.1. The topological polar surface area (TPSA) is 49.4 Å². The molecule has 0 saturated carbocycles. The molecule has 104 valence electrons. The van der Waals surface area contributed by atoms with Crippen LogP contribution in [0.5, 0.6) is 0 Å². The van der Waals surface area contributed by atoms with Gasteiger partial charge in [0.15, 0.2) is 0 Å². The van der Waals surface area contributed by atoms with Crippen LogP contribution in [0, 0.1) is 0 Å². The Morgan fingerprint density at radius 3 is 2.85 bits per heavy atom. The average molecular weight is 270 g/mol. The highest BCUT2D eigenvalue weighted by molar-refractivity contribution is 5.81. The summed E-state index contributed by atoms with van der Waals surface area (Å²) in [6.07, 6.45) is 5.52. The van der Waals surface area contributed by atoms with Crippen LogP contribution in [0.3, 0.4) is 0 Å². The highest BCUT2D eigenvalue weighted by Crippen LogP contribution is 2.32. The van der Waals surface area contributed by atoms with Gasteiger partial charge in [-0.15, -0.1) is 6.58 Å². The Balaban J connectivity index is 2.25. The highest BCUT2D eigenvalue weighted by atomic mass is 16.2. The zero-order chi connectivity index (χ0) is 14.5. The van der Waals surface area contributed by atoms with Crippen molar-refractivity contribution in [1.29, 1.82) is 0 Å². The van der Waals surface area contributed by atoms with Gasteiger partial charge in [0.1, 0.15) is 0 Å². The Morgan fingerprint density at radius 2 is 2.15 bits per heavy atom. The van der Waals surface area contributed by atoms with Gasteiger partial charge >= 0.3 is 0 Å². The SMILES string of the molecule is C=CCNC(=O)C[C@@H]1c2ccccc2C=CN1C(C)=O. The van der Waals surface area contributed by atoms with Crippen LogP contribution >= 0.6 is 0 Å². The first-order valence-electron chi connectivity index (χ1n) is 6.57. The largest absolute Gasteiger partial charge is 0.353 e. The van der Waals surface area contributed by atoms with E-state index >= 15 is 0 Å². The fourth-order valence-electron chi connectivity index (χ4n) is 2.35. The average Bonchev–Trinajstić information content (AvgIpc) is 2.45. The molecule has 0 radical (unpaired) electrons. The minimum atomic E-state index is -0.251. The summed E-state index contributed by atoms with van der Waals surface area (Å²) in [5.74, 6) is -0.163. The van der Waals surface area contributed by atoms with Crippen LogP contribution in [-0.4, -0.2) is 23.3 Å². The van der Waals surface area contributed by atoms with Gasteiger partial charge in [-0.25, -0.2) is 0 Å². The Labute approximate surface area is 118 Å². The fraction of sp³-hybridized carbons (Fsp3) is 0.250. The lowest BCUT2D eigenvalue weighted by atomic mass is 9.93. The van der Waals surface area contributed by atoms with Crippen LogP contribution in [0.4, 0.5) is 0 Å². The second-order valence-electron chi connectivity index (χ2n) is 4.68. The number of rotatable bonds is 4. The number of carbonyl (C=O) groups is 2. The Kier molecular flexibility index (Phi) is 4.35. The van der Waals surface area contributed by atoms with Gasteiger partial charge in [0.2, 0.25) is 11.8 Å². The molecule has 1 heterocycles. The molecule has 2 rings (SSSR count). The predicted octanol–water partition coefficient (Wildman–Crippen LogP) is 2.25. The van der Waals surface area contributed by atoms with Crippen LogP contribution in [0.25, 0.3) is 6.08 Å². The van der Waals surface area contributed by atoms with E-state index in [4.69, 9.17) is 0 Å². The summed E-state index contributed by atoms with van der Waals surface area (Å²) in [7, 11) is 0. The monoisotopic (exact) mass is 270 g/mol. The van der Waals surface area contributed by atoms with Crippen molar-refractivity contribution in [3.8, 4) is 0 Å². The zero-order valence-electron chi connectivity index (χ0n) is 11.5. The number of amides is 2. The van der Waals surface area contributed by atoms with Gasteiger partial charge in [0.05, 0.1) is 12.5 Å². The minimum Gasteiger partial charge on any atom is -0.353 e. The number of carbonyl (C=O) groups excluding carboxylic acids is 2. The number of fused-ring (bicyclic) bond motifs is 1. The molecular formula is C16H18N2O2. The molecule has 0 aliphatic carbocycles. The molecule has 1 aliphatic heterocycles. The highest BCUT2D eigenvalue weighted by Gasteiger charge is 2.27. The van der Waals surface area contributed by atoms with Gasteiger partial charge in [-0.05, 0) is 17.2 Å². The van der Waals surface area contributed by atoms with E-state index in [1.165, 1.54) is 6.92 Å². The fourth-order valence-corrected chi connectivity index (χ4v) is 2.35. The van der Waals surface area contributed by atoms with E-state index in [1.54, 1.807) is 17.2 Å². The number of nitrogens with one attached hydrogen (secondary N) is 1. The van der Waals surface area contributed by atoms with Crippen molar-refractivity contribution < 1.29 is 9.59 Å². The molecule has 1 N–H and O–H groups in total. The molecule has 1 atom stereocenters. The molecule has 4 nitrogen and oxygen atoms in total. The van der Waals surface area contributed by atoms with E-state index in [0.29, 0.717) is 6.54 Å². The van der Waals surface area contributed by atoms with E-state index in [0.717, 1.165) is 11.1 Å². The van der Waals surface area contributed by atoms with Gasteiger partial charge < -0.3 is 10.2 Å². The standard InChI is InChI=1S/C16H18N2O2/c1-3-9-17-16(20)11-15-14-7-5-4-6-13(14)8-10-18(15)12(2)19/h3-8,10,15H,1,9,11H2,2H3,(H,17,20)/t15-/m1/s1. The lowest BCUT2D eigenvalue weighted by Gasteiger charge is -2.32. The van der Waals surface area contributed by atoms with Crippen molar-refractivity contribution in [2.45, 2.75) is 19.4 Å². The molecule has 2 amide bonds. The third-order valence-corrected chi connectivity index (χ3v) is 3.29. The Morgan fingerprint density at radius 1 is 1.40 bits per heavy atom. The summed E-state index contributed by atoms with van der Waals surface area (Å²) in [6.45, 7) is 5.51. The second kappa shape index (κ2) is 6.19. The molecule has 1 aromatic rings. The van der Waals surface area contributed by atoms with Crippen LogP contribution < -0.4 is 5.32 Å². The summed E-state index contributed by atoms with van der Waals surface area (Å²) in [4.78, 5) is 25.3. The molecule has 0 aromatic heterocycles. The van der Waals surface area contributed by atoms with Gasteiger partial charge in [-0.3, -0.25) is 9.59 Å². The maximum absolute atomic E-state index is 11.9. The molecule has 0 fully saturated rings. The van der Waals surface area contributed by atoms with Gasteiger partial charge in [0.25, 0.3) is 0 Å². The maximum Gasteiger partial charge on any atom is 0.223 e. The van der Waals surface area contributed by atoms with E-state index in [2.05, 4.69) is 11.9 Å². The molecular weight excluding hydrogens is 252 g/mol. The van der Waals surface area contributed by atoms with Crippen molar-refractivity contribution in [2.75, 3.05) is 6.54 Å². The van der Waals surface area contributed by atoms with Crippen molar-refractivity contribution >= 4 is 17.9 Å². The maximum atomic E-state index is 11.9. The summed E-state index contributed by atoms with van der Waals surface area (Å²) in [5, 5.41) is 2.75. The first-order chi connectivity index (χ1) is 9.63. The summed E-state index contributed by atoms with van der Waals surface area (Å²) in [6, 6.07) is 7.56. The zero-order valence-corrected chi connectivity index (χ0v) is 11.5. The number of benzene rings is 1. The lowest BCUT2D eigenvalue weighted by molar-refractivity contribution is -0.129. The number of hydrogen-bond donors (Lipinski definition) is 1. The number of nitrogens with zero attached hydrogens (tertiary/aromatic N) is 1. The molecule has 0 bridgehead atoms. The van der Waals surface area contributed by atoms with E-state index in [-0.39, 0.29) is 24.3 Å². The molecule has 1 aromatic carbocycles. The predicted molar refractivity (Wildman–Crippen MR) is 78.6 cm³/mol.